The Hall–Kier alpha value is -1.91. The molecule has 0 bridgehead atoms. The molecule has 1 aliphatic carbocycles. The van der Waals surface area contributed by atoms with Crippen LogP contribution in [-0.2, 0) is 0 Å². The standard InChI is InChI=1S/C15H23N3O2/c1-10(2)18(9-11-4-5-11)14-8-12(20-3)6-7-13(14)15(16)17-19/h6-8,10-11,19H,4-5,9H2,1-3H3,(H2,16,17). The van der Waals surface area contributed by atoms with Crippen molar-refractivity contribution in [2.45, 2.75) is 32.7 Å². The molecule has 0 atom stereocenters. The van der Waals surface area contributed by atoms with Crippen LogP contribution >= 0.6 is 0 Å². The van der Waals surface area contributed by atoms with Crippen LogP contribution in [-0.4, -0.2) is 30.7 Å². The van der Waals surface area contributed by atoms with Gasteiger partial charge in [0.15, 0.2) is 5.84 Å². The maximum absolute atomic E-state index is 8.97. The van der Waals surface area contributed by atoms with Gasteiger partial charge in [-0.2, -0.15) is 0 Å². The molecule has 0 radical (unpaired) electrons. The number of rotatable bonds is 6. The van der Waals surface area contributed by atoms with E-state index in [1.165, 1.54) is 12.8 Å². The van der Waals surface area contributed by atoms with Crippen LogP contribution in [0.5, 0.6) is 5.75 Å². The molecule has 0 unspecified atom stereocenters. The fourth-order valence-corrected chi connectivity index (χ4v) is 2.31. The smallest absolute Gasteiger partial charge is 0.172 e. The van der Waals surface area contributed by atoms with Gasteiger partial charge in [0.05, 0.1) is 12.8 Å². The molecule has 0 saturated heterocycles. The Labute approximate surface area is 120 Å². The molecule has 0 amide bonds. The number of nitrogens with zero attached hydrogens (tertiary/aromatic N) is 2. The normalized spacial score (nSPS) is 15.5. The largest absolute Gasteiger partial charge is 0.497 e. The van der Waals surface area contributed by atoms with Gasteiger partial charge in [-0.1, -0.05) is 5.16 Å². The predicted octanol–water partition coefficient (Wildman–Crippen LogP) is 2.41. The maximum atomic E-state index is 8.97. The first kappa shape index (κ1) is 14.5. The summed E-state index contributed by atoms with van der Waals surface area (Å²) < 4.78 is 5.30. The minimum atomic E-state index is 0.129. The number of methoxy groups -OCH3 is 1. The number of amidine groups is 1. The summed E-state index contributed by atoms with van der Waals surface area (Å²) in [6.45, 7) is 5.30. The second-order valence-electron chi connectivity index (χ2n) is 5.56. The van der Waals surface area contributed by atoms with Gasteiger partial charge in [-0.15, -0.1) is 0 Å². The molecule has 0 aromatic heterocycles. The fraction of sp³-hybridized carbons (Fsp3) is 0.533. The molecule has 20 heavy (non-hydrogen) atoms. The van der Waals surface area contributed by atoms with Crippen LogP contribution < -0.4 is 15.4 Å². The van der Waals surface area contributed by atoms with Gasteiger partial charge in [-0.25, -0.2) is 0 Å². The molecular weight excluding hydrogens is 254 g/mol. The van der Waals surface area contributed by atoms with E-state index in [-0.39, 0.29) is 5.84 Å². The Morgan fingerprint density at radius 3 is 2.70 bits per heavy atom. The second kappa shape index (κ2) is 6.03. The van der Waals surface area contributed by atoms with Crippen molar-refractivity contribution in [3.05, 3.63) is 23.8 Å². The van der Waals surface area contributed by atoms with Crippen molar-refractivity contribution in [2.24, 2.45) is 16.8 Å². The third-order valence-electron chi connectivity index (χ3n) is 3.67. The zero-order valence-electron chi connectivity index (χ0n) is 12.3. The van der Waals surface area contributed by atoms with Gasteiger partial charge in [0.1, 0.15) is 5.75 Å². The van der Waals surface area contributed by atoms with Crippen LogP contribution in [0.15, 0.2) is 23.4 Å². The van der Waals surface area contributed by atoms with Crippen molar-refractivity contribution < 1.29 is 9.94 Å². The number of oxime groups is 1. The van der Waals surface area contributed by atoms with Crippen molar-refractivity contribution >= 4 is 11.5 Å². The number of ether oxygens (including phenoxy) is 1. The first-order valence-corrected chi connectivity index (χ1v) is 6.99. The predicted molar refractivity (Wildman–Crippen MR) is 80.7 cm³/mol. The van der Waals surface area contributed by atoms with Crippen molar-refractivity contribution in [3.8, 4) is 5.75 Å². The molecule has 3 N–H and O–H groups in total. The lowest BCUT2D eigenvalue weighted by molar-refractivity contribution is 0.318. The van der Waals surface area contributed by atoms with Crippen molar-refractivity contribution in [1.82, 2.24) is 0 Å². The lowest BCUT2D eigenvalue weighted by atomic mass is 10.1. The molecule has 1 aromatic rings. The molecule has 0 heterocycles. The Balaban J connectivity index is 2.42. The summed E-state index contributed by atoms with van der Waals surface area (Å²) in [5.74, 6) is 1.66. The first-order valence-electron chi connectivity index (χ1n) is 6.99. The number of anilines is 1. The zero-order valence-corrected chi connectivity index (χ0v) is 12.3. The lowest BCUT2D eigenvalue weighted by Crippen LogP contribution is -2.34. The topological polar surface area (TPSA) is 71.1 Å². The number of nitrogens with two attached hydrogens (primary N) is 1. The van der Waals surface area contributed by atoms with E-state index in [0.717, 1.165) is 29.5 Å². The maximum Gasteiger partial charge on any atom is 0.172 e. The van der Waals surface area contributed by atoms with Crippen molar-refractivity contribution in [1.29, 1.82) is 0 Å². The van der Waals surface area contributed by atoms with E-state index in [4.69, 9.17) is 15.7 Å². The summed E-state index contributed by atoms with van der Waals surface area (Å²) in [7, 11) is 1.64. The van der Waals surface area contributed by atoms with E-state index in [2.05, 4.69) is 23.9 Å². The van der Waals surface area contributed by atoms with Gasteiger partial charge in [0.25, 0.3) is 0 Å². The Bertz CT molecular complexity index is 496. The summed E-state index contributed by atoms with van der Waals surface area (Å²) in [6.07, 6.45) is 2.57. The molecule has 5 heteroatoms. The molecule has 0 aliphatic heterocycles. The monoisotopic (exact) mass is 277 g/mol. The van der Waals surface area contributed by atoms with Gasteiger partial charge in [0, 0.05) is 24.2 Å². The van der Waals surface area contributed by atoms with Gasteiger partial charge in [-0.05, 0) is 44.7 Å². The van der Waals surface area contributed by atoms with Crippen LogP contribution in [0.25, 0.3) is 0 Å². The molecule has 2 rings (SSSR count). The summed E-state index contributed by atoms with van der Waals surface area (Å²) in [6, 6.07) is 5.96. The molecule has 110 valence electrons. The van der Waals surface area contributed by atoms with Crippen LogP contribution in [0.4, 0.5) is 5.69 Å². The lowest BCUT2D eigenvalue weighted by Gasteiger charge is -2.31. The van der Waals surface area contributed by atoms with Crippen LogP contribution in [0.1, 0.15) is 32.3 Å². The zero-order chi connectivity index (χ0) is 14.7. The Morgan fingerprint density at radius 1 is 1.50 bits per heavy atom. The third kappa shape index (κ3) is 3.15. The third-order valence-corrected chi connectivity index (χ3v) is 3.67. The van der Waals surface area contributed by atoms with Gasteiger partial charge < -0.3 is 20.6 Å². The highest BCUT2D eigenvalue weighted by atomic mass is 16.5. The molecule has 1 aromatic carbocycles. The molecule has 5 nitrogen and oxygen atoms in total. The van der Waals surface area contributed by atoms with E-state index in [1.54, 1.807) is 7.11 Å². The number of benzene rings is 1. The average molecular weight is 277 g/mol. The average Bonchev–Trinajstić information content (AvgIpc) is 3.27. The Morgan fingerprint density at radius 2 is 2.20 bits per heavy atom. The van der Waals surface area contributed by atoms with E-state index in [9.17, 15) is 0 Å². The summed E-state index contributed by atoms with van der Waals surface area (Å²) >= 11 is 0. The van der Waals surface area contributed by atoms with E-state index in [0.29, 0.717) is 6.04 Å². The fourth-order valence-electron chi connectivity index (χ4n) is 2.31. The second-order valence-corrected chi connectivity index (χ2v) is 5.56. The molecule has 0 spiro atoms. The minimum Gasteiger partial charge on any atom is -0.497 e. The summed E-state index contributed by atoms with van der Waals surface area (Å²) in [5.41, 5.74) is 7.50. The van der Waals surface area contributed by atoms with Crippen LogP contribution in [0, 0.1) is 5.92 Å². The van der Waals surface area contributed by atoms with Crippen LogP contribution in [0.2, 0.25) is 0 Å². The van der Waals surface area contributed by atoms with Gasteiger partial charge in [-0.3, -0.25) is 0 Å². The van der Waals surface area contributed by atoms with E-state index in [1.807, 2.05) is 18.2 Å². The molecular formula is C15H23N3O2. The minimum absolute atomic E-state index is 0.129. The summed E-state index contributed by atoms with van der Waals surface area (Å²) in [5, 5.41) is 12.1. The highest BCUT2D eigenvalue weighted by molar-refractivity contribution is 6.02. The van der Waals surface area contributed by atoms with Gasteiger partial charge in [0.2, 0.25) is 0 Å². The molecule has 1 aliphatic rings. The van der Waals surface area contributed by atoms with Crippen LogP contribution in [0.3, 0.4) is 0 Å². The van der Waals surface area contributed by atoms with Crippen molar-refractivity contribution in [2.75, 3.05) is 18.6 Å². The number of hydrogen-bond donors (Lipinski definition) is 2. The molecule has 1 fully saturated rings. The molecule has 1 saturated carbocycles. The highest BCUT2D eigenvalue weighted by Crippen LogP contribution is 2.34. The SMILES string of the molecule is COc1ccc(/C(N)=N/O)c(N(CC2CC2)C(C)C)c1. The number of hydrogen-bond acceptors (Lipinski definition) is 4. The van der Waals surface area contributed by atoms with Gasteiger partial charge >= 0.3 is 0 Å². The summed E-state index contributed by atoms with van der Waals surface area (Å²) in [4.78, 5) is 2.30. The van der Waals surface area contributed by atoms with Crippen molar-refractivity contribution in [3.63, 3.8) is 0 Å². The first-order chi connectivity index (χ1) is 9.56. The Kier molecular flexibility index (Phi) is 4.37. The van der Waals surface area contributed by atoms with E-state index < -0.39 is 0 Å². The highest BCUT2D eigenvalue weighted by Gasteiger charge is 2.27. The quantitative estimate of drug-likeness (QED) is 0.362. The van der Waals surface area contributed by atoms with E-state index >= 15 is 0 Å².